The maximum absolute atomic E-state index is 12.9. The van der Waals surface area contributed by atoms with E-state index in [-0.39, 0.29) is 23.6 Å². The number of aromatic hydroxyl groups is 1. The Balaban J connectivity index is 1.74. The van der Waals surface area contributed by atoms with Crippen LogP contribution in [0.1, 0.15) is 18.4 Å². The highest BCUT2D eigenvalue weighted by atomic mass is 32.2. The number of rotatable bonds is 8. The zero-order valence-corrected chi connectivity index (χ0v) is 16.5. The van der Waals surface area contributed by atoms with Crippen LogP contribution in [0.3, 0.4) is 0 Å². The quantitative estimate of drug-likeness (QED) is 0.472. The highest BCUT2D eigenvalue weighted by Crippen LogP contribution is 2.27. The second-order valence-electron chi connectivity index (χ2n) is 7.01. The number of nitrogens with one attached hydrogen (secondary N) is 1. The number of benzene rings is 2. The van der Waals surface area contributed by atoms with Gasteiger partial charge < -0.3 is 15.3 Å². The molecule has 2 aromatic carbocycles. The molecule has 8 nitrogen and oxygen atoms in total. The monoisotopic (exact) mass is 420 g/mol. The predicted octanol–water partition coefficient (Wildman–Crippen LogP) is 1.15. The van der Waals surface area contributed by atoms with Gasteiger partial charge in [-0.15, -0.1) is 0 Å². The van der Waals surface area contributed by atoms with E-state index in [1.54, 1.807) is 30.3 Å². The minimum Gasteiger partial charge on any atom is -0.508 e. The van der Waals surface area contributed by atoms with Gasteiger partial charge in [0.1, 0.15) is 18.0 Å². The van der Waals surface area contributed by atoms with Gasteiger partial charge in [-0.25, -0.2) is 8.42 Å². The lowest BCUT2D eigenvalue weighted by Gasteiger charge is -2.30. The third-order valence-corrected chi connectivity index (χ3v) is 6.95. The maximum Gasteiger partial charge on any atom is 0.321 e. The summed E-state index contributed by atoms with van der Waals surface area (Å²) in [5.74, 6) is -1.09. The van der Waals surface area contributed by atoms with Crippen LogP contribution in [0.15, 0.2) is 59.5 Å². The van der Waals surface area contributed by atoms with Gasteiger partial charge >= 0.3 is 5.97 Å². The molecule has 9 heteroatoms. The van der Waals surface area contributed by atoms with Crippen LogP contribution < -0.4 is 5.32 Å². The first-order valence-electron chi connectivity index (χ1n) is 9.31. The SMILES string of the molecule is O=C(O)C(Cc1ccc(O)cc1)NC(O)C1CCCN1S(=O)(=O)c1ccccc1. The average molecular weight is 420 g/mol. The molecule has 3 unspecified atom stereocenters. The molecule has 1 heterocycles. The summed E-state index contributed by atoms with van der Waals surface area (Å²) in [6.07, 6.45) is -0.267. The number of phenolic OH excluding ortho intramolecular Hbond substituents is 1. The number of carboxylic acids is 1. The molecule has 0 aromatic heterocycles. The van der Waals surface area contributed by atoms with Crippen LogP contribution in [-0.4, -0.2) is 58.9 Å². The first kappa shape index (κ1) is 21.3. The molecule has 29 heavy (non-hydrogen) atoms. The van der Waals surface area contributed by atoms with Crippen LogP contribution in [0, 0.1) is 0 Å². The molecule has 4 N–H and O–H groups in total. The number of aliphatic hydroxyl groups is 1. The molecule has 1 saturated heterocycles. The lowest BCUT2D eigenvalue weighted by molar-refractivity contribution is -0.140. The first-order valence-corrected chi connectivity index (χ1v) is 10.7. The maximum atomic E-state index is 12.9. The van der Waals surface area contributed by atoms with Crippen LogP contribution >= 0.6 is 0 Å². The van der Waals surface area contributed by atoms with Gasteiger partial charge in [-0.3, -0.25) is 10.1 Å². The lowest BCUT2D eigenvalue weighted by Crippen LogP contribution is -2.54. The Morgan fingerprint density at radius 3 is 2.41 bits per heavy atom. The third kappa shape index (κ3) is 4.94. The number of aliphatic carboxylic acids is 1. The Bertz CT molecular complexity index is 933. The Morgan fingerprint density at radius 2 is 1.79 bits per heavy atom. The van der Waals surface area contributed by atoms with E-state index in [0.717, 1.165) is 0 Å². The van der Waals surface area contributed by atoms with Crippen molar-refractivity contribution in [2.75, 3.05) is 6.54 Å². The van der Waals surface area contributed by atoms with Crippen LogP contribution in [0.2, 0.25) is 0 Å². The van der Waals surface area contributed by atoms with E-state index in [1.165, 1.54) is 28.6 Å². The third-order valence-electron chi connectivity index (χ3n) is 5.01. The van der Waals surface area contributed by atoms with Gasteiger partial charge in [0.15, 0.2) is 0 Å². The van der Waals surface area contributed by atoms with E-state index < -0.39 is 34.3 Å². The molecule has 156 valence electrons. The molecule has 0 spiro atoms. The van der Waals surface area contributed by atoms with E-state index in [9.17, 15) is 28.5 Å². The van der Waals surface area contributed by atoms with Crippen molar-refractivity contribution in [2.24, 2.45) is 0 Å². The Hall–Kier alpha value is -2.46. The van der Waals surface area contributed by atoms with Gasteiger partial charge in [-0.05, 0) is 49.1 Å². The van der Waals surface area contributed by atoms with Crippen LogP contribution in [0.25, 0.3) is 0 Å². The molecule has 0 saturated carbocycles. The summed E-state index contributed by atoms with van der Waals surface area (Å²) in [7, 11) is -3.79. The number of sulfonamides is 1. The fraction of sp³-hybridized carbons (Fsp3) is 0.350. The summed E-state index contributed by atoms with van der Waals surface area (Å²) in [6.45, 7) is 0.260. The van der Waals surface area contributed by atoms with Crippen LogP contribution in [-0.2, 0) is 21.2 Å². The van der Waals surface area contributed by atoms with Gasteiger partial charge in [-0.1, -0.05) is 30.3 Å². The van der Waals surface area contributed by atoms with Crippen LogP contribution in [0.4, 0.5) is 0 Å². The molecular formula is C20H24N2O6S. The fourth-order valence-electron chi connectivity index (χ4n) is 3.51. The number of aliphatic hydroxyl groups excluding tert-OH is 1. The van der Waals surface area contributed by atoms with Crippen molar-refractivity contribution < 1.29 is 28.5 Å². The van der Waals surface area contributed by atoms with Crippen molar-refractivity contribution in [3.8, 4) is 5.75 Å². The van der Waals surface area contributed by atoms with E-state index in [4.69, 9.17) is 0 Å². The molecule has 0 aliphatic carbocycles. The number of carboxylic acid groups (broad SMARTS) is 1. The summed E-state index contributed by atoms with van der Waals surface area (Å²) >= 11 is 0. The Kier molecular flexibility index (Phi) is 6.53. The largest absolute Gasteiger partial charge is 0.508 e. The molecule has 1 fully saturated rings. The molecular weight excluding hydrogens is 396 g/mol. The summed E-state index contributed by atoms with van der Waals surface area (Å²) in [6, 6.07) is 12.2. The standard InChI is InChI=1S/C20H24N2O6S/c23-15-10-8-14(9-11-15)13-17(20(25)26)21-19(24)18-7-4-12-22(18)29(27,28)16-5-2-1-3-6-16/h1-3,5-6,8-11,17-19,21,23-24H,4,7,12-13H2,(H,25,26). The Labute approximate surface area is 169 Å². The number of carbonyl (C=O) groups is 1. The predicted molar refractivity (Wildman–Crippen MR) is 106 cm³/mol. The number of hydrogen-bond donors (Lipinski definition) is 4. The topological polar surface area (TPSA) is 127 Å². The normalized spacial score (nSPS) is 19.7. The minimum absolute atomic E-state index is 0.0707. The molecule has 1 aliphatic rings. The van der Waals surface area contributed by atoms with Gasteiger partial charge in [0, 0.05) is 6.54 Å². The van der Waals surface area contributed by atoms with E-state index in [1.807, 2.05) is 0 Å². The van der Waals surface area contributed by atoms with Crippen molar-refractivity contribution in [3.05, 3.63) is 60.2 Å². The van der Waals surface area contributed by atoms with Crippen molar-refractivity contribution in [1.29, 1.82) is 0 Å². The van der Waals surface area contributed by atoms with Gasteiger partial charge in [0.25, 0.3) is 0 Å². The molecule has 0 radical (unpaired) electrons. The van der Waals surface area contributed by atoms with Gasteiger partial charge in [0.2, 0.25) is 10.0 Å². The molecule has 0 amide bonds. The van der Waals surface area contributed by atoms with Crippen molar-refractivity contribution in [3.63, 3.8) is 0 Å². The highest BCUT2D eigenvalue weighted by Gasteiger charge is 2.40. The average Bonchev–Trinajstić information content (AvgIpc) is 3.20. The van der Waals surface area contributed by atoms with E-state index in [0.29, 0.717) is 18.4 Å². The number of nitrogens with zero attached hydrogens (tertiary/aromatic N) is 1. The van der Waals surface area contributed by atoms with Crippen molar-refractivity contribution in [2.45, 2.75) is 42.5 Å². The summed E-state index contributed by atoms with van der Waals surface area (Å²) in [5, 5.41) is 32.2. The van der Waals surface area contributed by atoms with E-state index in [2.05, 4.69) is 5.32 Å². The lowest BCUT2D eigenvalue weighted by atomic mass is 10.0. The van der Waals surface area contributed by atoms with Crippen molar-refractivity contribution in [1.82, 2.24) is 9.62 Å². The van der Waals surface area contributed by atoms with Gasteiger partial charge in [-0.2, -0.15) is 4.31 Å². The highest BCUT2D eigenvalue weighted by molar-refractivity contribution is 7.89. The smallest absolute Gasteiger partial charge is 0.321 e. The number of hydrogen-bond acceptors (Lipinski definition) is 6. The molecule has 0 bridgehead atoms. The van der Waals surface area contributed by atoms with Crippen molar-refractivity contribution >= 4 is 16.0 Å². The second-order valence-corrected chi connectivity index (χ2v) is 8.90. The molecule has 3 rings (SSSR count). The summed E-state index contributed by atoms with van der Waals surface area (Å²) < 4.78 is 27.1. The molecule has 2 aromatic rings. The minimum atomic E-state index is -3.79. The molecule has 1 aliphatic heterocycles. The first-order chi connectivity index (χ1) is 13.8. The Morgan fingerprint density at radius 1 is 1.14 bits per heavy atom. The van der Waals surface area contributed by atoms with Crippen LogP contribution in [0.5, 0.6) is 5.75 Å². The fourth-order valence-corrected chi connectivity index (χ4v) is 5.23. The number of phenols is 1. The summed E-state index contributed by atoms with van der Waals surface area (Å²) in [4.78, 5) is 11.8. The zero-order valence-electron chi connectivity index (χ0n) is 15.7. The second kappa shape index (κ2) is 8.91. The zero-order chi connectivity index (χ0) is 21.0. The van der Waals surface area contributed by atoms with E-state index >= 15 is 0 Å². The van der Waals surface area contributed by atoms with Gasteiger partial charge in [0.05, 0.1) is 10.9 Å². The summed E-state index contributed by atoms with van der Waals surface area (Å²) in [5.41, 5.74) is 0.662. The molecule has 3 atom stereocenters.